The molecule has 0 spiro atoms. The van der Waals surface area contributed by atoms with Crippen LogP contribution < -0.4 is 5.32 Å². The van der Waals surface area contributed by atoms with Gasteiger partial charge in [0, 0.05) is 11.8 Å². The van der Waals surface area contributed by atoms with Gasteiger partial charge in [0.15, 0.2) is 0 Å². The highest BCUT2D eigenvalue weighted by atomic mass is 32.2. The van der Waals surface area contributed by atoms with Crippen molar-refractivity contribution in [1.82, 2.24) is 5.32 Å². The lowest BCUT2D eigenvalue weighted by Crippen LogP contribution is -2.42. The Morgan fingerprint density at radius 1 is 1.21 bits per heavy atom. The Morgan fingerprint density at radius 3 is 2.00 bits per heavy atom. The van der Waals surface area contributed by atoms with E-state index >= 15 is 0 Å². The van der Waals surface area contributed by atoms with Crippen LogP contribution in [0.2, 0.25) is 0 Å². The van der Waals surface area contributed by atoms with E-state index in [-0.39, 0.29) is 0 Å². The van der Waals surface area contributed by atoms with E-state index < -0.39 is 0 Å². The summed E-state index contributed by atoms with van der Waals surface area (Å²) in [5.41, 5.74) is 0. The van der Waals surface area contributed by atoms with Gasteiger partial charge in [-0.3, -0.25) is 5.32 Å². The Bertz CT molecular complexity index is 167. The SMILES string of the molecule is CC(C)CC1(CC(C)C)NC(C)CS1. The molecule has 0 bridgehead atoms. The first-order chi connectivity index (χ1) is 6.43. The van der Waals surface area contributed by atoms with Gasteiger partial charge in [0.05, 0.1) is 4.87 Å². The highest BCUT2D eigenvalue weighted by Crippen LogP contribution is 2.40. The van der Waals surface area contributed by atoms with Crippen LogP contribution in [0.5, 0.6) is 0 Å². The predicted octanol–water partition coefficient (Wildman–Crippen LogP) is 3.50. The third-order valence-electron chi connectivity index (χ3n) is 2.60. The minimum atomic E-state index is 0.377. The number of hydrogen-bond donors (Lipinski definition) is 1. The van der Waals surface area contributed by atoms with Gasteiger partial charge in [-0.05, 0) is 31.6 Å². The molecular formula is C12H25NS. The molecule has 1 aliphatic rings. The molecule has 0 saturated carbocycles. The van der Waals surface area contributed by atoms with Crippen molar-refractivity contribution in [3.8, 4) is 0 Å². The highest BCUT2D eigenvalue weighted by molar-refractivity contribution is 8.00. The predicted molar refractivity (Wildman–Crippen MR) is 66.7 cm³/mol. The fourth-order valence-electron chi connectivity index (χ4n) is 2.45. The van der Waals surface area contributed by atoms with E-state index in [1.807, 2.05) is 0 Å². The van der Waals surface area contributed by atoms with E-state index in [0.29, 0.717) is 10.9 Å². The number of hydrogen-bond acceptors (Lipinski definition) is 2. The van der Waals surface area contributed by atoms with Crippen LogP contribution in [0.1, 0.15) is 47.5 Å². The van der Waals surface area contributed by atoms with Gasteiger partial charge in [-0.25, -0.2) is 0 Å². The normalized spacial score (nSPS) is 26.4. The Labute approximate surface area is 93.4 Å². The summed E-state index contributed by atoms with van der Waals surface area (Å²) in [6.45, 7) is 11.6. The van der Waals surface area contributed by atoms with Crippen molar-refractivity contribution in [2.24, 2.45) is 11.8 Å². The average molecular weight is 215 g/mol. The summed E-state index contributed by atoms with van der Waals surface area (Å²) in [5.74, 6) is 2.86. The first-order valence-electron chi connectivity index (χ1n) is 5.85. The van der Waals surface area contributed by atoms with E-state index in [0.717, 1.165) is 11.8 Å². The Morgan fingerprint density at radius 2 is 1.71 bits per heavy atom. The van der Waals surface area contributed by atoms with Crippen LogP contribution >= 0.6 is 11.8 Å². The monoisotopic (exact) mass is 215 g/mol. The quantitative estimate of drug-likeness (QED) is 0.770. The standard InChI is InChI=1S/C12H25NS/c1-9(2)6-12(7-10(3)4)13-11(5)8-14-12/h9-11,13H,6-8H2,1-5H3. The molecule has 0 aromatic carbocycles. The molecule has 1 unspecified atom stereocenters. The molecule has 2 heteroatoms. The summed E-state index contributed by atoms with van der Waals surface area (Å²) in [6, 6.07) is 0.692. The van der Waals surface area contributed by atoms with Crippen LogP contribution in [0.4, 0.5) is 0 Å². The van der Waals surface area contributed by atoms with Crippen molar-refractivity contribution in [2.75, 3.05) is 5.75 Å². The van der Waals surface area contributed by atoms with Crippen molar-refractivity contribution in [3.05, 3.63) is 0 Å². The topological polar surface area (TPSA) is 12.0 Å². The van der Waals surface area contributed by atoms with Crippen molar-refractivity contribution < 1.29 is 0 Å². The molecule has 1 aliphatic heterocycles. The van der Waals surface area contributed by atoms with E-state index in [4.69, 9.17) is 0 Å². The van der Waals surface area contributed by atoms with Gasteiger partial charge < -0.3 is 0 Å². The summed E-state index contributed by atoms with van der Waals surface area (Å²) < 4.78 is 0. The zero-order valence-corrected chi connectivity index (χ0v) is 11.1. The van der Waals surface area contributed by atoms with Gasteiger partial charge >= 0.3 is 0 Å². The van der Waals surface area contributed by atoms with Crippen molar-refractivity contribution in [3.63, 3.8) is 0 Å². The molecule has 1 saturated heterocycles. The van der Waals surface area contributed by atoms with E-state index in [2.05, 4.69) is 51.7 Å². The second-order valence-corrected chi connectivity index (χ2v) is 6.95. The van der Waals surface area contributed by atoms with Crippen LogP contribution in [0, 0.1) is 11.8 Å². The van der Waals surface area contributed by atoms with Crippen molar-refractivity contribution in [1.29, 1.82) is 0 Å². The Balaban J connectivity index is 2.60. The molecule has 1 heterocycles. The Hall–Kier alpha value is 0.310. The average Bonchev–Trinajstić information content (AvgIpc) is 2.28. The molecule has 0 aromatic heterocycles. The lowest BCUT2D eigenvalue weighted by atomic mass is 9.94. The van der Waals surface area contributed by atoms with Gasteiger partial charge in [0.25, 0.3) is 0 Å². The van der Waals surface area contributed by atoms with Gasteiger partial charge in [-0.1, -0.05) is 27.7 Å². The van der Waals surface area contributed by atoms with Gasteiger partial charge in [0.1, 0.15) is 0 Å². The molecule has 1 N–H and O–H groups in total. The van der Waals surface area contributed by atoms with Crippen LogP contribution in [0.25, 0.3) is 0 Å². The molecular weight excluding hydrogens is 190 g/mol. The Kier molecular flexibility index (Phi) is 4.32. The maximum Gasteiger partial charge on any atom is 0.0652 e. The summed E-state index contributed by atoms with van der Waals surface area (Å²) in [5, 5.41) is 3.79. The van der Waals surface area contributed by atoms with E-state index in [9.17, 15) is 0 Å². The summed E-state index contributed by atoms with van der Waals surface area (Å²) >= 11 is 2.14. The highest BCUT2D eigenvalue weighted by Gasteiger charge is 2.38. The minimum absolute atomic E-state index is 0.377. The van der Waals surface area contributed by atoms with E-state index in [1.54, 1.807) is 0 Å². The summed E-state index contributed by atoms with van der Waals surface area (Å²) in [7, 11) is 0. The second-order valence-electron chi connectivity index (χ2n) is 5.55. The van der Waals surface area contributed by atoms with Crippen LogP contribution in [0.15, 0.2) is 0 Å². The maximum absolute atomic E-state index is 3.79. The lowest BCUT2D eigenvalue weighted by molar-refractivity contribution is 0.323. The molecule has 0 radical (unpaired) electrons. The smallest absolute Gasteiger partial charge is 0.0652 e. The molecule has 0 amide bonds. The number of thioether (sulfide) groups is 1. The van der Waals surface area contributed by atoms with Gasteiger partial charge in [-0.15, -0.1) is 11.8 Å². The molecule has 84 valence electrons. The molecule has 1 nitrogen and oxygen atoms in total. The van der Waals surface area contributed by atoms with Crippen molar-refractivity contribution in [2.45, 2.75) is 58.4 Å². The first-order valence-corrected chi connectivity index (χ1v) is 6.84. The third-order valence-corrected chi connectivity index (χ3v) is 4.27. The zero-order valence-electron chi connectivity index (χ0n) is 10.3. The second kappa shape index (κ2) is 4.89. The van der Waals surface area contributed by atoms with Gasteiger partial charge in [-0.2, -0.15) is 0 Å². The van der Waals surface area contributed by atoms with Gasteiger partial charge in [0.2, 0.25) is 0 Å². The van der Waals surface area contributed by atoms with Crippen molar-refractivity contribution >= 4 is 11.8 Å². The summed E-state index contributed by atoms with van der Waals surface area (Å²) in [4.78, 5) is 0.377. The van der Waals surface area contributed by atoms with Crippen LogP contribution in [-0.2, 0) is 0 Å². The fourth-order valence-corrected chi connectivity index (χ4v) is 4.29. The lowest BCUT2D eigenvalue weighted by Gasteiger charge is -2.32. The van der Waals surface area contributed by atoms with E-state index in [1.165, 1.54) is 18.6 Å². The minimum Gasteiger partial charge on any atom is -0.299 e. The molecule has 0 aromatic rings. The largest absolute Gasteiger partial charge is 0.299 e. The zero-order chi connectivity index (χ0) is 10.8. The fraction of sp³-hybridized carbons (Fsp3) is 1.00. The van der Waals surface area contributed by atoms with Crippen LogP contribution in [0.3, 0.4) is 0 Å². The molecule has 1 fully saturated rings. The molecule has 1 atom stereocenters. The molecule has 0 aliphatic carbocycles. The maximum atomic E-state index is 3.79. The summed E-state index contributed by atoms with van der Waals surface area (Å²) in [6.07, 6.45) is 2.61. The number of nitrogens with one attached hydrogen (secondary N) is 1. The first kappa shape index (κ1) is 12.4. The molecule has 1 rings (SSSR count). The molecule has 14 heavy (non-hydrogen) atoms. The van der Waals surface area contributed by atoms with Crippen LogP contribution in [-0.4, -0.2) is 16.7 Å². The third kappa shape index (κ3) is 3.47. The number of rotatable bonds is 4.